The zero-order valence-corrected chi connectivity index (χ0v) is 11.6. The molecular weight excluding hydrogens is 295 g/mol. The lowest BCUT2D eigenvalue weighted by atomic mass is 10.1. The Morgan fingerprint density at radius 1 is 1.48 bits per heavy atom. The number of rotatable bonds is 3. The fraction of sp³-hybridized carbons (Fsp3) is 0.143. The molecule has 0 spiro atoms. The first-order valence-corrected chi connectivity index (χ1v) is 6.82. The molecule has 2 aromatic rings. The molecule has 2 rings (SSSR count). The van der Waals surface area contributed by atoms with Crippen LogP contribution in [0.3, 0.4) is 0 Å². The lowest BCUT2D eigenvalue weighted by Gasteiger charge is -2.05. The molecule has 0 unspecified atom stereocenters. The van der Waals surface area contributed by atoms with E-state index in [0.717, 1.165) is 17.4 Å². The van der Waals surface area contributed by atoms with Crippen molar-refractivity contribution >= 4 is 17.2 Å². The van der Waals surface area contributed by atoms with E-state index in [4.69, 9.17) is 5.11 Å². The van der Waals surface area contributed by atoms with Gasteiger partial charge in [0.25, 0.3) is 5.91 Å². The van der Waals surface area contributed by atoms with Gasteiger partial charge in [0.05, 0.1) is 12.1 Å². The second-order valence-electron chi connectivity index (χ2n) is 4.01. The largest absolute Gasteiger partial charge is 0.384 e. The first kappa shape index (κ1) is 15.0. The number of carbonyl (C=O) groups is 1. The second-order valence-corrected chi connectivity index (χ2v) is 4.85. The lowest BCUT2D eigenvalue weighted by Crippen LogP contribution is -2.24. The number of hydrogen-bond donors (Lipinski definition) is 3. The van der Waals surface area contributed by atoms with Gasteiger partial charge >= 0.3 is 4.87 Å². The van der Waals surface area contributed by atoms with Crippen LogP contribution in [-0.4, -0.2) is 22.6 Å². The summed E-state index contributed by atoms with van der Waals surface area (Å²) in [6, 6.07) is 3.94. The molecule has 0 aliphatic carbocycles. The molecule has 3 N–H and O–H groups in total. The van der Waals surface area contributed by atoms with Crippen molar-refractivity contribution in [1.82, 2.24) is 10.3 Å². The predicted molar refractivity (Wildman–Crippen MR) is 76.5 cm³/mol. The van der Waals surface area contributed by atoms with Crippen molar-refractivity contribution in [3.63, 3.8) is 0 Å². The maximum absolute atomic E-state index is 13.8. The minimum Gasteiger partial charge on any atom is -0.384 e. The first-order valence-electron chi connectivity index (χ1n) is 5.94. The van der Waals surface area contributed by atoms with Crippen LogP contribution in [0.5, 0.6) is 0 Å². The van der Waals surface area contributed by atoms with Crippen molar-refractivity contribution in [2.75, 3.05) is 6.61 Å². The number of benzene rings is 1. The molecule has 7 heteroatoms. The highest BCUT2D eigenvalue weighted by atomic mass is 32.1. The van der Waals surface area contributed by atoms with Crippen LogP contribution in [0, 0.1) is 17.7 Å². The number of aromatic amines is 1. The quantitative estimate of drug-likeness (QED) is 0.735. The molecule has 0 radical (unpaired) electrons. The third-order valence-electron chi connectivity index (χ3n) is 2.54. The molecule has 0 bridgehead atoms. The number of halogens is 1. The first-order chi connectivity index (χ1) is 10.1. The average molecular weight is 306 g/mol. The Balaban J connectivity index is 2.07. The van der Waals surface area contributed by atoms with Gasteiger partial charge in [0.1, 0.15) is 12.4 Å². The Morgan fingerprint density at radius 2 is 2.29 bits per heavy atom. The van der Waals surface area contributed by atoms with E-state index in [1.54, 1.807) is 5.38 Å². The summed E-state index contributed by atoms with van der Waals surface area (Å²) in [5, 5.41) is 12.7. The van der Waals surface area contributed by atoms with E-state index in [1.165, 1.54) is 12.1 Å². The Morgan fingerprint density at radius 3 is 2.90 bits per heavy atom. The van der Waals surface area contributed by atoms with E-state index in [9.17, 15) is 14.0 Å². The van der Waals surface area contributed by atoms with Crippen molar-refractivity contribution in [3.05, 3.63) is 55.9 Å². The van der Waals surface area contributed by atoms with Crippen LogP contribution in [0.25, 0.3) is 0 Å². The number of hydrogen-bond acceptors (Lipinski definition) is 4. The van der Waals surface area contributed by atoms with E-state index >= 15 is 0 Å². The van der Waals surface area contributed by atoms with Crippen LogP contribution >= 0.6 is 11.3 Å². The Kier molecular flexibility index (Phi) is 4.87. The van der Waals surface area contributed by atoms with E-state index < -0.39 is 11.7 Å². The number of aliphatic hydroxyl groups is 1. The molecular formula is C14H11FN2O3S. The van der Waals surface area contributed by atoms with Crippen molar-refractivity contribution in [3.8, 4) is 11.8 Å². The topological polar surface area (TPSA) is 82.2 Å². The van der Waals surface area contributed by atoms with Crippen LogP contribution in [-0.2, 0) is 6.54 Å². The van der Waals surface area contributed by atoms with Crippen LogP contribution < -0.4 is 10.2 Å². The van der Waals surface area contributed by atoms with Crippen molar-refractivity contribution in [2.24, 2.45) is 0 Å². The molecule has 108 valence electrons. The maximum atomic E-state index is 13.8. The number of amides is 1. The van der Waals surface area contributed by atoms with Crippen LogP contribution in [0.2, 0.25) is 0 Å². The highest BCUT2D eigenvalue weighted by molar-refractivity contribution is 7.07. The smallest absolute Gasteiger partial charge is 0.304 e. The molecule has 5 nitrogen and oxygen atoms in total. The number of H-pyrrole nitrogens is 1. The number of aliphatic hydroxyl groups excluding tert-OH is 1. The Bertz CT molecular complexity index is 770. The molecule has 1 aromatic carbocycles. The van der Waals surface area contributed by atoms with E-state index in [2.05, 4.69) is 22.1 Å². The summed E-state index contributed by atoms with van der Waals surface area (Å²) in [7, 11) is 0. The van der Waals surface area contributed by atoms with E-state index in [0.29, 0.717) is 11.3 Å². The Hall–Kier alpha value is -2.43. The summed E-state index contributed by atoms with van der Waals surface area (Å²) in [4.78, 5) is 25.1. The minimum atomic E-state index is -0.698. The third-order valence-corrected chi connectivity index (χ3v) is 3.25. The second kappa shape index (κ2) is 6.83. The number of nitrogens with one attached hydrogen (secondary N) is 2. The van der Waals surface area contributed by atoms with Gasteiger partial charge in [0, 0.05) is 16.6 Å². The maximum Gasteiger partial charge on any atom is 0.304 e. The monoisotopic (exact) mass is 306 g/mol. The summed E-state index contributed by atoms with van der Waals surface area (Å²) in [5.41, 5.74) is 0.826. The molecule has 0 fully saturated rings. The van der Waals surface area contributed by atoms with Crippen molar-refractivity contribution < 1.29 is 14.3 Å². The van der Waals surface area contributed by atoms with Gasteiger partial charge in [-0.25, -0.2) is 4.39 Å². The van der Waals surface area contributed by atoms with Gasteiger partial charge in [-0.05, 0) is 18.2 Å². The van der Waals surface area contributed by atoms with Gasteiger partial charge in [0.15, 0.2) is 0 Å². The molecule has 1 heterocycles. The normalized spacial score (nSPS) is 9.81. The van der Waals surface area contributed by atoms with E-state index in [1.807, 2.05) is 0 Å². The number of aromatic nitrogens is 1. The molecule has 0 atom stereocenters. The minimum absolute atomic E-state index is 0.109. The summed E-state index contributed by atoms with van der Waals surface area (Å²) in [6.45, 7) is -0.203. The molecule has 0 saturated heterocycles. The highest BCUT2D eigenvalue weighted by Gasteiger charge is 2.12. The number of carbonyl (C=O) groups excluding carboxylic acids is 1. The fourth-order valence-electron chi connectivity index (χ4n) is 1.59. The molecule has 1 aromatic heterocycles. The van der Waals surface area contributed by atoms with Crippen LogP contribution in [0.1, 0.15) is 21.6 Å². The number of thiazole rings is 1. The Labute approximate surface area is 123 Å². The molecule has 0 aliphatic heterocycles. The summed E-state index contributed by atoms with van der Waals surface area (Å²) < 4.78 is 13.8. The van der Waals surface area contributed by atoms with Gasteiger partial charge in [-0.15, -0.1) is 0 Å². The van der Waals surface area contributed by atoms with Gasteiger partial charge in [-0.3, -0.25) is 9.59 Å². The predicted octanol–water partition coefficient (Wildman–Crippen LogP) is 0.849. The fourth-order valence-corrected chi connectivity index (χ4v) is 2.17. The molecule has 21 heavy (non-hydrogen) atoms. The summed E-state index contributed by atoms with van der Waals surface area (Å²) >= 11 is 0.992. The lowest BCUT2D eigenvalue weighted by molar-refractivity contribution is 0.0946. The summed E-state index contributed by atoms with van der Waals surface area (Å²) in [6.07, 6.45) is 0. The molecule has 1 amide bonds. The van der Waals surface area contributed by atoms with Crippen LogP contribution in [0.4, 0.5) is 4.39 Å². The van der Waals surface area contributed by atoms with E-state index in [-0.39, 0.29) is 23.6 Å². The molecule has 0 aliphatic rings. The van der Waals surface area contributed by atoms with Gasteiger partial charge in [0.2, 0.25) is 0 Å². The molecule has 0 saturated carbocycles. The zero-order valence-electron chi connectivity index (χ0n) is 10.8. The van der Waals surface area contributed by atoms with Gasteiger partial charge < -0.3 is 15.4 Å². The third kappa shape index (κ3) is 4.02. The SMILES string of the molecule is O=C(NCc1csc(=O)[nH]1)c1ccc(C#CCO)cc1F. The van der Waals surface area contributed by atoms with Crippen LogP contribution in [0.15, 0.2) is 28.4 Å². The van der Waals surface area contributed by atoms with Gasteiger partial charge in [-0.1, -0.05) is 23.2 Å². The average Bonchev–Trinajstić information content (AvgIpc) is 2.88. The van der Waals surface area contributed by atoms with Gasteiger partial charge in [-0.2, -0.15) is 0 Å². The summed E-state index contributed by atoms with van der Waals surface area (Å²) in [5.74, 6) is 3.67. The van der Waals surface area contributed by atoms with Crippen molar-refractivity contribution in [2.45, 2.75) is 6.54 Å². The standard InChI is InChI=1S/C14H11FN2O3S/c15-12-6-9(2-1-5-18)3-4-11(12)13(19)16-7-10-8-21-14(20)17-10/h3-4,6,8,18H,5,7H2,(H,16,19)(H,17,20). The van der Waals surface area contributed by atoms with Crippen molar-refractivity contribution in [1.29, 1.82) is 0 Å². The highest BCUT2D eigenvalue weighted by Crippen LogP contribution is 2.10. The zero-order chi connectivity index (χ0) is 15.2.